The van der Waals surface area contributed by atoms with Gasteiger partial charge in [-0.2, -0.15) is 0 Å². The van der Waals surface area contributed by atoms with E-state index in [2.05, 4.69) is 15.8 Å². The number of amides is 3. The summed E-state index contributed by atoms with van der Waals surface area (Å²) < 4.78 is 13.5. The summed E-state index contributed by atoms with van der Waals surface area (Å²) in [5.74, 6) is -0.631. The maximum Gasteiger partial charge on any atom is 0.321 e. The van der Waals surface area contributed by atoms with Crippen LogP contribution in [0.15, 0.2) is 53.7 Å². The van der Waals surface area contributed by atoms with Crippen LogP contribution in [0.5, 0.6) is 0 Å². The number of aryl methyl sites for hydroxylation is 1. The summed E-state index contributed by atoms with van der Waals surface area (Å²) in [7, 11) is 0. The van der Waals surface area contributed by atoms with Crippen molar-refractivity contribution in [2.75, 3.05) is 25.0 Å². The second-order valence-corrected chi connectivity index (χ2v) is 7.07. The number of likely N-dealkylation sites (tertiary alicyclic amines) is 1. The van der Waals surface area contributed by atoms with Crippen molar-refractivity contribution in [3.63, 3.8) is 0 Å². The van der Waals surface area contributed by atoms with E-state index < -0.39 is 0 Å². The van der Waals surface area contributed by atoms with Gasteiger partial charge in [-0.1, -0.05) is 35.5 Å². The Hall–Kier alpha value is -3.42. The van der Waals surface area contributed by atoms with Crippen LogP contribution >= 0.6 is 0 Å². The Morgan fingerprint density at radius 3 is 2.57 bits per heavy atom. The molecule has 8 heteroatoms. The van der Waals surface area contributed by atoms with Crippen molar-refractivity contribution >= 4 is 23.3 Å². The summed E-state index contributed by atoms with van der Waals surface area (Å²) in [6, 6.07) is 14.0. The monoisotopic (exact) mass is 412 g/mol. The molecule has 0 atom stereocenters. The lowest BCUT2D eigenvalue weighted by Gasteiger charge is -2.27. The summed E-state index contributed by atoms with van der Waals surface area (Å²) in [6.07, 6.45) is 1.18. The standard InChI is InChI=1S/C22H25FN4O3/c1-16-7-8-17(13-20(16)23)14-24-21(28)15-30-26-19-9-11-27(12-10-19)22(29)25-18-5-3-2-4-6-18/h2-8,13H,9-12,14-15H2,1H3,(H,24,28)(H,25,29). The molecular weight excluding hydrogens is 387 g/mol. The van der Waals surface area contributed by atoms with Crippen LogP contribution in [0.4, 0.5) is 14.9 Å². The van der Waals surface area contributed by atoms with Crippen molar-refractivity contribution in [3.05, 3.63) is 65.5 Å². The number of carbonyl (C=O) groups excluding carboxylic acids is 2. The number of hydrogen-bond acceptors (Lipinski definition) is 4. The average molecular weight is 412 g/mol. The van der Waals surface area contributed by atoms with E-state index in [0.717, 1.165) is 11.4 Å². The molecule has 30 heavy (non-hydrogen) atoms. The fourth-order valence-electron chi connectivity index (χ4n) is 2.96. The topological polar surface area (TPSA) is 83.0 Å². The first-order valence-electron chi connectivity index (χ1n) is 9.81. The van der Waals surface area contributed by atoms with Gasteiger partial charge >= 0.3 is 6.03 Å². The Balaban J connectivity index is 1.35. The average Bonchev–Trinajstić information content (AvgIpc) is 2.76. The van der Waals surface area contributed by atoms with Crippen LogP contribution in [0.25, 0.3) is 0 Å². The van der Waals surface area contributed by atoms with E-state index in [-0.39, 0.29) is 30.9 Å². The minimum Gasteiger partial charge on any atom is -0.386 e. The van der Waals surface area contributed by atoms with Gasteiger partial charge in [0, 0.05) is 38.2 Å². The fraction of sp³-hybridized carbons (Fsp3) is 0.318. The lowest BCUT2D eigenvalue weighted by Crippen LogP contribution is -2.41. The molecule has 0 bridgehead atoms. The largest absolute Gasteiger partial charge is 0.386 e. The molecule has 2 N–H and O–H groups in total. The number of rotatable bonds is 6. The van der Waals surface area contributed by atoms with Crippen molar-refractivity contribution in [3.8, 4) is 0 Å². The number of piperidine rings is 1. The van der Waals surface area contributed by atoms with Gasteiger partial charge < -0.3 is 20.4 Å². The Morgan fingerprint density at radius 1 is 1.13 bits per heavy atom. The maximum absolute atomic E-state index is 13.5. The molecule has 1 heterocycles. The highest BCUT2D eigenvalue weighted by molar-refractivity contribution is 5.92. The van der Waals surface area contributed by atoms with Crippen LogP contribution in [-0.4, -0.2) is 42.2 Å². The second kappa shape index (κ2) is 10.4. The van der Waals surface area contributed by atoms with Crippen LogP contribution in [-0.2, 0) is 16.2 Å². The Labute approximate surface area is 174 Å². The smallest absolute Gasteiger partial charge is 0.321 e. The molecule has 3 amide bonds. The molecule has 0 aliphatic carbocycles. The Bertz CT molecular complexity index is 908. The molecule has 1 aliphatic heterocycles. The van der Waals surface area contributed by atoms with Crippen molar-refractivity contribution in [1.82, 2.24) is 10.2 Å². The number of para-hydroxylation sites is 1. The number of benzene rings is 2. The predicted molar refractivity (Wildman–Crippen MR) is 113 cm³/mol. The van der Waals surface area contributed by atoms with E-state index in [1.54, 1.807) is 24.0 Å². The molecule has 1 saturated heterocycles. The van der Waals surface area contributed by atoms with Crippen LogP contribution in [0.1, 0.15) is 24.0 Å². The summed E-state index contributed by atoms with van der Waals surface area (Å²) in [6.45, 7) is 2.76. The van der Waals surface area contributed by atoms with E-state index in [1.165, 1.54) is 6.07 Å². The third-order valence-electron chi connectivity index (χ3n) is 4.77. The highest BCUT2D eigenvalue weighted by Gasteiger charge is 2.20. The van der Waals surface area contributed by atoms with E-state index in [9.17, 15) is 14.0 Å². The third-order valence-corrected chi connectivity index (χ3v) is 4.77. The van der Waals surface area contributed by atoms with Gasteiger partial charge in [-0.3, -0.25) is 4.79 Å². The van der Waals surface area contributed by atoms with Gasteiger partial charge in [0.05, 0.1) is 5.71 Å². The minimum atomic E-state index is -0.333. The van der Waals surface area contributed by atoms with Gasteiger partial charge in [-0.15, -0.1) is 0 Å². The van der Waals surface area contributed by atoms with E-state index in [1.807, 2.05) is 30.3 Å². The SMILES string of the molecule is Cc1ccc(CNC(=O)CON=C2CCN(C(=O)Nc3ccccc3)CC2)cc1F. The highest BCUT2D eigenvalue weighted by Crippen LogP contribution is 2.12. The first kappa shape index (κ1) is 21.3. The number of carbonyl (C=O) groups is 2. The summed E-state index contributed by atoms with van der Waals surface area (Å²) in [5.41, 5.74) is 2.81. The molecule has 0 unspecified atom stereocenters. The third kappa shape index (κ3) is 6.30. The maximum atomic E-state index is 13.5. The molecule has 3 rings (SSSR count). The normalized spacial score (nSPS) is 13.5. The summed E-state index contributed by atoms with van der Waals surface area (Å²) in [4.78, 5) is 31.0. The van der Waals surface area contributed by atoms with Crippen molar-refractivity contribution in [1.29, 1.82) is 0 Å². The number of nitrogens with one attached hydrogen (secondary N) is 2. The molecule has 0 aromatic heterocycles. The molecule has 0 spiro atoms. The quantitative estimate of drug-likeness (QED) is 0.713. The lowest BCUT2D eigenvalue weighted by atomic mass is 10.1. The van der Waals surface area contributed by atoms with Crippen molar-refractivity contribution < 1.29 is 18.8 Å². The fourth-order valence-corrected chi connectivity index (χ4v) is 2.96. The number of oxime groups is 1. The summed E-state index contributed by atoms with van der Waals surface area (Å²) in [5, 5.41) is 9.54. The van der Waals surface area contributed by atoms with E-state index in [4.69, 9.17) is 4.84 Å². The Kier molecular flexibility index (Phi) is 7.37. The zero-order chi connectivity index (χ0) is 21.3. The van der Waals surface area contributed by atoms with E-state index >= 15 is 0 Å². The zero-order valence-corrected chi connectivity index (χ0v) is 16.9. The number of nitrogens with zero attached hydrogens (tertiary/aromatic N) is 2. The molecule has 1 aliphatic rings. The van der Waals surface area contributed by atoms with Crippen molar-refractivity contribution in [2.24, 2.45) is 5.16 Å². The second-order valence-electron chi connectivity index (χ2n) is 7.07. The molecular formula is C22H25FN4O3. The number of urea groups is 1. The molecule has 0 saturated carbocycles. The molecule has 7 nitrogen and oxygen atoms in total. The van der Waals surface area contributed by atoms with Crippen LogP contribution in [0, 0.1) is 12.7 Å². The highest BCUT2D eigenvalue weighted by atomic mass is 19.1. The van der Waals surface area contributed by atoms with Gasteiger partial charge in [0.1, 0.15) is 5.82 Å². The number of hydrogen-bond donors (Lipinski definition) is 2. The lowest BCUT2D eigenvalue weighted by molar-refractivity contribution is -0.125. The van der Waals surface area contributed by atoms with Gasteiger partial charge in [0.25, 0.3) is 5.91 Å². The van der Waals surface area contributed by atoms with Gasteiger partial charge in [-0.25, -0.2) is 9.18 Å². The Morgan fingerprint density at radius 2 is 1.87 bits per heavy atom. The first-order valence-corrected chi connectivity index (χ1v) is 9.81. The van der Waals surface area contributed by atoms with Gasteiger partial charge in [0.15, 0.2) is 6.61 Å². The zero-order valence-electron chi connectivity index (χ0n) is 16.9. The minimum absolute atomic E-state index is 0.145. The molecule has 158 valence electrons. The summed E-state index contributed by atoms with van der Waals surface area (Å²) >= 11 is 0. The first-order chi connectivity index (χ1) is 14.5. The van der Waals surface area contributed by atoms with Crippen LogP contribution in [0.2, 0.25) is 0 Å². The number of halogens is 1. The molecule has 2 aromatic carbocycles. The molecule has 1 fully saturated rings. The predicted octanol–water partition coefficient (Wildman–Crippen LogP) is 3.45. The van der Waals surface area contributed by atoms with Gasteiger partial charge in [-0.05, 0) is 36.2 Å². The van der Waals surface area contributed by atoms with Gasteiger partial charge in [0.2, 0.25) is 0 Å². The molecule has 2 aromatic rings. The van der Waals surface area contributed by atoms with E-state index in [0.29, 0.717) is 37.1 Å². The molecule has 0 radical (unpaired) electrons. The van der Waals surface area contributed by atoms with Crippen molar-refractivity contribution in [2.45, 2.75) is 26.3 Å². The number of anilines is 1. The van der Waals surface area contributed by atoms with Crippen LogP contribution < -0.4 is 10.6 Å². The van der Waals surface area contributed by atoms with Crippen LogP contribution in [0.3, 0.4) is 0 Å².